The van der Waals surface area contributed by atoms with Crippen molar-refractivity contribution in [3.63, 3.8) is 0 Å². The molecule has 1 aromatic heterocycles. The summed E-state index contributed by atoms with van der Waals surface area (Å²) in [5.41, 5.74) is 1.49. The molecule has 0 fully saturated rings. The smallest absolute Gasteiger partial charge is 0.451 e. The van der Waals surface area contributed by atoms with E-state index in [9.17, 15) is 18.0 Å². The Morgan fingerprint density at radius 2 is 1.51 bits per heavy atom. The fourth-order valence-electron chi connectivity index (χ4n) is 3.75. The summed E-state index contributed by atoms with van der Waals surface area (Å²) in [6.07, 6.45) is -4.69. The van der Waals surface area contributed by atoms with Crippen LogP contribution in [-0.2, 0) is 6.18 Å². The second-order valence-corrected chi connectivity index (χ2v) is 7.86. The summed E-state index contributed by atoms with van der Waals surface area (Å²) in [6, 6.07) is 16.1. The minimum absolute atomic E-state index is 0.104. The molecule has 8 nitrogen and oxygen atoms in total. The molecule has 1 heterocycles. The minimum Gasteiger partial charge on any atom is -0.493 e. The number of carbonyl (C=O) groups is 1. The van der Waals surface area contributed by atoms with Crippen molar-refractivity contribution in [1.29, 1.82) is 0 Å². The molecule has 0 aliphatic carbocycles. The largest absolute Gasteiger partial charge is 0.493 e. The third-order valence-electron chi connectivity index (χ3n) is 5.59. The maximum absolute atomic E-state index is 13.4. The van der Waals surface area contributed by atoms with Gasteiger partial charge in [0, 0.05) is 29.4 Å². The molecular formula is C26H23F3N4O4. The van der Waals surface area contributed by atoms with Crippen molar-refractivity contribution >= 4 is 34.0 Å². The summed E-state index contributed by atoms with van der Waals surface area (Å²) in [5, 5.41) is 3.25. The summed E-state index contributed by atoms with van der Waals surface area (Å²) in [7, 11) is 5.98. The summed E-state index contributed by atoms with van der Waals surface area (Å²) in [4.78, 5) is 21.9. The summed E-state index contributed by atoms with van der Waals surface area (Å²) >= 11 is 0. The first-order chi connectivity index (χ1) is 17.7. The third-order valence-corrected chi connectivity index (χ3v) is 5.59. The quantitative estimate of drug-likeness (QED) is 0.340. The molecule has 11 heteroatoms. The fraction of sp³-hybridized carbons (Fsp3) is 0.192. The van der Waals surface area contributed by atoms with Gasteiger partial charge in [-0.1, -0.05) is 12.1 Å². The molecule has 0 saturated heterocycles. The van der Waals surface area contributed by atoms with Gasteiger partial charge in [-0.3, -0.25) is 4.79 Å². The lowest BCUT2D eigenvalue weighted by Gasteiger charge is -2.21. The van der Waals surface area contributed by atoms with Gasteiger partial charge >= 0.3 is 6.18 Å². The molecule has 192 valence electrons. The number of benzene rings is 3. The number of methoxy groups -OCH3 is 3. The maximum Gasteiger partial charge on any atom is 0.451 e. The number of fused-ring (bicyclic) bond motifs is 1. The Balaban J connectivity index is 1.60. The van der Waals surface area contributed by atoms with Gasteiger partial charge in [0.15, 0.2) is 11.5 Å². The zero-order valence-corrected chi connectivity index (χ0v) is 20.4. The first-order valence-corrected chi connectivity index (χ1v) is 11.0. The van der Waals surface area contributed by atoms with Crippen molar-refractivity contribution in [2.45, 2.75) is 6.18 Å². The van der Waals surface area contributed by atoms with Gasteiger partial charge in [0.1, 0.15) is 5.82 Å². The van der Waals surface area contributed by atoms with Gasteiger partial charge in [0.25, 0.3) is 5.91 Å². The molecule has 0 atom stereocenters. The Morgan fingerprint density at radius 3 is 2.08 bits per heavy atom. The number of aromatic nitrogens is 2. The molecule has 0 aliphatic rings. The van der Waals surface area contributed by atoms with Crippen molar-refractivity contribution in [3.05, 3.63) is 72.1 Å². The Kier molecular flexibility index (Phi) is 7.05. The van der Waals surface area contributed by atoms with Crippen molar-refractivity contribution in [1.82, 2.24) is 9.97 Å². The number of para-hydroxylation sites is 1. The zero-order chi connectivity index (χ0) is 26.7. The lowest BCUT2D eigenvalue weighted by Crippen LogP contribution is -2.17. The maximum atomic E-state index is 13.4. The number of nitrogens with zero attached hydrogens (tertiary/aromatic N) is 3. The number of halogens is 3. The standard InChI is InChI=1S/C26H23F3N4O4/c1-33(23-18-7-5-6-8-19(18)31-25(32-23)26(27,28)29)17-11-9-16(10-12-17)30-24(34)15-13-20(35-2)22(37-4)21(14-15)36-3/h5-14H,1-4H3,(H,30,34). The van der Waals surface area contributed by atoms with Gasteiger partial charge in [0.05, 0.1) is 26.8 Å². The molecule has 37 heavy (non-hydrogen) atoms. The SMILES string of the molecule is COc1cc(C(=O)Nc2ccc(N(C)c3nc(C(F)(F)F)nc4ccccc34)cc2)cc(OC)c1OC. The van der Waals surface area contributed by atoms with Crippen LogP contribution in [0.3, 0.4) is 0 Å². The number of alkyl halides is 3. The molecule has 1 amide bonds. The topological polar surface area (TPSA) is 85.8 Å². The van der Waals surface area contributed by atoms with Gasteiger partial charge in [-0.15, -0.1) is 0 Å². The van der Waals surface area contributed by atoms with Crippen LogP contribution in [0.4, 0.5) is 30.4 Å². The number of nitrogens with one attached hydrogen (secondary N) is 1. The van der Waals surface area contributed by atoms with Crippen LogP contribution in [0.15, 0.2) is 60.7 Å². The Hall–Kier alpha value is -4.54. The number of carbonyl (C=O) groups excluding carboxylic acids is 1. The lowest BCUT2D eigenvalue weighted by atomic mass is 10.1. The van der Waals surface area contributed by atoms with Crippen molar-refractivity contribution in [2.24, 2.45) is 0 Å². The molecule has 0 aliphatic heterocycles. The van der Waals surface area contributed by atoms with Crippen molar-refractivity contribution in [2.75, 3.05) is 38.6 Å². The average molecular weight is 512 g/mol. The van der Waals surface area contributed by atoms with E-state index in [2.05, 4.69) is 15.3 Å². The van der Waals surface area contributed by atoms with E-state index in [0.717, 1.165) is 0 Å². The number of ether oxygens (including phenoxy) is 3. The first kappa shape index (κ1) is 25.5. The number of hydrogen-bond donors (Lipinski definition) is 1. The van der Waals surface area contributed by atoms with Crippen LogP contribution < -0.4 is 24.4 Å². The molecule has 4 aromatic rings. The summed E-state index contributed by atoms with van der Waals surface area (Å²) in [5.74, 6) is -0.509. The van der Waals surface area contributed by atoms with E-state index in [1.54, 1.807) is 49.5 Å². The van der Waals surface area contributed by atoms with E-state index in [4.69, 9.17) is 14.2 Å². The molecular weight excluding hydrogens is 489 g/mol. The average Bonchev–Trinajstić information content (AvgIpc) is 2.90. The molecule has 3 aromatic carbocycles. The number of hydrogen-bond acceptors (Lipinski definition) is 7. The van der Waals surface area contributed by atoms with E-state index in [1.165, 1.54) is 44.4 Å². The van der Waals surface area contributed by atoms with Gasteiger partial charge in [0.2, 0.25) is 11.6 Å². The van der Waals surface area contributed by atoms with E-state index in [1.807, 2.05) is 0 Å². The Morgan fingerprint density at radius 1 is 0.892 bits per heavy atom. The van der Waals surface area contributed by atoms with Crippen LogP contribution in [-0.4, -0.2) is 44.3 Å². The van der Waals surface area contributed by atoms with Crippen LogP contribution in [0.25, 0.3) is 10.9 Å². The highest BCUT2D eigenvalue weighted by molar-refractivity contribution is 6.05. The van der Waals surface area contributed by atoms with E-state index >= 15 is 0 Å². The summed E-state index contributed by atoms with van der Waals surface area (Å²) < 4.78 is 56.1. The molecule has 0 saturated carbocycles. The summed E-state index contributed by atoms with van der Waals surface area (Å²) in [6.45, 7) is 0. The van der Waals surface area contributed by atoms with E-state index in [-0.39, 0.29) is 16.9 Å². The Labute approximate surface area is 210 Å². The van der Waals surface area contributed by atoms with Crippen LogP contribution in [0.2, 0.25) is 0 Å². The highest BCUT2D eigenvalue weighted by atomic mass is 19.4. The van der Waals surface area contributed by atoms with Gasteiger partial charge in [-0.2, -0.15) is 13.2 Å². The first-order valence-electron chi connectivity index (χ1n) is 11.0. The fourth-order valence-corrected chi connectivity index (χ4v) is 3.75. The third kappa shape index (κ3) is 5.20. The number of rotatable bonds is 7. The molecule has 0 bridgehead atoms. The molecule has 1 N–H and O–H groups in total. The molecule has 0 spiro atoms. The van der Waals surface area contributed by atoms with Crippen LogP contribution in [0, 0.1) is 0 Å². The Bertz CT molecular complexity index is 1420. The van der Waals surface area contributed by atoms with E-state index < -0.39 is 17.9 Å². The highest BCUT2D eigenvalue weighted by Gasteiger charge is 2.36. The van der Waals surface area contributed by atoms with Gasteiger partial charge < -0.3 is 24.4 Å². The highest BCUT2D eigenvalue weighted by Crippen LogP contribution is 2.38. The van der Waals surface area contributed by atoms with Crippen LogP contribution in [0.1, 0.15) is 16.2 Å². The normalized spacial score (nSPS) is 11.2. The number of amides is 1. The van der Waals surface area contributed by atoms with Crippen LogP contribution >= 0.6 is 0 Å². The molecule has 4 rings (SSSR count). The predicted molar refractivity (Wildman–Crippen MR) is 133 cm³/mol. The van der Waals surface area contributed by atoms with E-state index in [0.29, 0.717) is 34.0 Å². The second-order valence-electron chi connectivity index (χ2n) is 7.86. The monoisotopic (exact) mass is 512 g/mol. The lowest BCUT2D eigenvalue weighted by molar-refractivity contribution is -0.144. The van der Waals surface area contributed by atoms with Gasteiger partial charge in [-0.05, 0) is 48.5 Å². The van der Waals surface area contributed by atoms with Crippen LogP contribution in [0.5, 0.6) is 17.2 Å². The molecule has 0 radical (unpaired) electrons. The minimum atomic E-state index is -4.69. The van der Waals surface area contributed by atoms with Crippen molar-refractivity contribution < 1.29 is 32.2 Å². The van der Waals surface area contributed by atoms with Gasteiger partial charge in [-0.25, -0.2) is 9.97 Å². The predicted octanol–water partition coefficient (Wildman–Crippen LogP) is 5.69. The number of anilines is 3. The molecule has 0 unspecified atom stereocenters. The second kappa shape index (κ2) is 10.2. The van der Waals surface area contributed by atoms with Crippen molar-refractivity contribution in [3.8, 4) is 17.2 Å². The zero-order valence-electron chi connectivity index (χ0n) is 20.4.